The predicted octanol–water partition coefficient (Wildman–Crippen LogP) is 3.43. The van der Waals surface area contributed by atoms with Gasteiger partial charge in [0.25, 0.3) is 0 Å². The number of ether oxygens (including phenoxy) is 1. The first-order valence-electron chi connectivity index (χ1n) is 10.1. The number of fused-ring (bicyclic) bond motifs is 1. The van der Waals surface area contributed by atoms with Gasteiger partial charge in [-0.05, 0) is 30.4 Å². The van der Waals surface area contributed by atoms with Crippen LogP contribution in [0.25, 0.3) is 10.8 Å². The Balaban J connectivity index is 1.44. The summed E-state index contributed by atoms with van der Waals surface area (Å²) in [4.78, 5) is 18.0. The Morgan fingerprint density at radius 1 is 1.11 bits per heavy atom. The SMILES string of the molecule is O=C1CCN(CCOc2ccc3c(C4(O)CCCCC4)cncc3c2)CC1. The topological polar surface area (TPSA) is 62.7 Å². The van der Waals surface area contributed by atoms with Crippen LogP contribution < -0.4 is 4.74 Å². The molecule has 5 nitrogen and oxygen atoms in total. The lowest BCUT2D eigenvalue weighted by molar-refractivity contribution is -0.121. The number of pyridine rings is 1. The van der Waals surface area contributed by atoms with E-state index in [-0.39, 0.29) is 0 Å². The average Bonchev–Trinajstić information content (AvgIpc) is 2.69. The fourth-order valence-corrected chi connectivity index (χ4v) is 4.34. The number of benzene rings is 1. The van der Waals surface area contributed by atoms with E-state index in [1.165, 1.54) is 6.42 Å². The number of nitrogens with zero attached hydrogens (tertiary/aromatic N) is 2. The minimum absolute atomic E-state index is 0.365. The quantitative estimate of drug-likeness (QED) is 0.876. The van der Waals surface area contributed by atoms with Gasteiger partial charge < -0.3 is 9.84 Å². The van der Waals surface area contributed by atoms with Crippen LogP contribution in [0.5, 0.6) is 5.75 Å². The molecule has 2 heterocycles. The maximum atomic E-state index is 11.3. The second kappa shape index (κ2) is 7.95. The third kappa shape index (κ3) is 4.14. The number of hydrogen-bond donors (Lipinski definition) is 1. The highest BCUT2D eigenvalue weighted by molar-refractivity contribution is 5.86. The molecule has 0 unspecified atom stereocenters. The van der Waals surface area contributed by atoms with Crippen molar-refractivity contribution in [1.29, 1.82) is 0 Å². The van der Waals surface area contributed by atoms with Gasteiger partial charge in [-0.1, -0.05) is 25.3 Å². The minimum atomic E-state index is -0.751. The fraction of sp³-hybridized carbons (Fsp3) is 0.545. The first-order valence-corrected chi connectivity index (χ1v) is 10.1. The number of aliphatic hydroxyl groups is 1. The van der Waals surface area contributed by atoms with Crippen molar-refractivity contribution in [1.82, 2.24) is 9.88 Å². The van der Waals surface area contributed by atoms with Crippen molar-refractivity contribution in [3.8, 4) is 5.75 Å². The molecular weight excluding hydrogens is 340 g/mol. The van der Waals surface area contributed by atoms with Crippen molar-refractivity contribution in [3.05, 3.63) is 36.2 Å². The lowest BCUT2D eigenvalue weighted by Crippen LogP contribution is -2.36. The second-order valence-corrected chi connectivity index (χ2v) is 7.89. The molecule has 0 amide bonds. The number of aromatic nitrogens is 1. The first-order chi connectivity index (χ1) is 13.1. The molecule has 1 saturated heterocycles. The fourth-order valence-electron chi connectivity index (χ4n) is 4.34. The number of Topliss-reactive ketones (excluding diaryl/α,β-unsaturated/α-hetero) is 1. The summed E-state index contributed by atoms with van der Waals surface area (Å²) in [5.41, 5.74) is 0.197. The molecule has 1 aliphatic heterocycles. The molecule has 27 heavy (non-hydrogen) atoms. The molecule has 1 saturated carbocycles. The smallest absolute Gasteiger partial charge is 0.135 e. The number of carbonyl (C=O) groups is 1. The van der Waals surface area contributed by atoms with E-state index < -0.39 is 5.60 Å². The van der Waals surface area contributed by atoms with Crippen LogP contribution in [-0.2, 0) is 10.4 Å². The van der Waals surface area contributed by atoms with Gasteiger partial charge in [0.15, 0.2) is 0 Å². The summed E-state index contributed by atoms with van der Waals surface area (Å²) in [6, 6.07) is 6.04. The van der Waals surface area contributed by atoms with Crippen molar-refractivity contribution in [3.63, 3.8) is 0 Å². The number of hydrogen-bond acceptors (Lipinski definition) is 5. The van der Waals surface area contributed by atoms with E-state index in [1.807, 2.05) is 30.6 Å². The highest BCUT2D eigenvalue weighted by Crippen LogP contribution is 2.40. The molecule has 5 heteroatoms. The summed E-state index contributed by atoms with van der Waals surface area (Å²) in [6.07, 6.45) is 9.94. The molecule has 0 atom stereocenters. The summed E-state index contributed by atoms with van der Waals surface area (Å²) in [6.45, 7) is 3.12. The molecule has 2 aliphatic rings. The normalized spacial score (nSPS) is 20.7. The molecule has 0 spiro atoms. The Morgan fingerprint density at radius 3 is 2.67 bits per heavy atom. The molecule has 144 valence electrons. The van der Waals surface area contributed by atoms with Gasteiger partial charge in [-0.15, -0.1) is 0 Å². The highest BCUT2D eigenvalue weighted by Gasteiger charge is 2.32. The molecule has 0 radical (unpaired) electrons. The second-order valence-electron chi connectivity index (χ2n) is 7.89. The van der Waals surface area contributed by atoms with Crippen LogP contribution in [0.1, 0.15) is 50.5 Å². The molecule has 1 aromatic carbocycles. The van der Waals surface area contributed by atoms with Crippen LogP contribution in [0.15, 0.2) is 30.6 Å². The summed E-state index contributed by atoms with van der Waals surface area (Å²) >= 11 is 0. The lowest BCUT2D eigenvalue weighted by Gasteiger charge is -2.33. The van der Waals surface area contributed by atoms with Crippen LogP contribution in [0.4, 0.5) is 0 Å². The van der Waals surface area contributed by atoms with Gasteiger partial charge in [-0.3, -0.25) is 14.7 Å². The Labute approximate surface area is 160 Å². The summed E-state index contributed by atoms with van der Waals surface area (Å²) < 4.78 is 5.94. The van der Waals surface area contributed by atoms with E-state index in [1.54, 1.807) is 0 Å². The maximum Gasteiger partial charge on any atom is 0.135 e. The average molecular weight is 368 g/mol. The van der Waals surface area contributed by atoms with Crippen molar-refractivity contribution in [2.45, 2.75) is 50.5 Å². The predicted molar refractivity (Wildman–Crippen MR) is 105 cm³/mol. The van der Waals surface area contributed by atoms with Gasteiger partial charge in [-0.25, -0.2) is 0 Å². The largest absolute Gasteiger partial charge is 0.492 e. The van der Waals surface area contributed by atoms with E-state index >= 15 is 0 Å². The van der Waals surface area contributed by atoms with Crippen molar-refractivity contribution in [2.75, 3.05) is 26.2 Å². The van der Waals surface area contributed by atoms with Gasteiger partial charge >= 0.3 is 0 Å². The van der Waals surface area contributed by atoms with E-state index in [4.69, 9.17) is 4.74 Å². The Morgan fingerprint density at radius 2 is 1.89 bits per heavy atom. The zero-order valence-corrected chi connectivity index (χ0v) is 15.8. The Hall–Kier alpha value is -1.98. The summed E-state index contributed by atoms with van der Waals surface area (Å²) in [5.74, 6) is 1.19. The first kappa shape index (κ1) is 18.4. The third-order valence-corrected chi connectivity index (χ3v) is 6.00. The van der Waals surface area contributed by atoms with Crippen LogP contribution in [0.2, 0.25) is 0 Å². The zero-order chi connectivity index (χ0) is 18.7. The Kier molecular flexibility index (Phi) is 5.41. The van der Waals surface area contributed by atoms with Gasteiger partial charge in [0.2, 0.25) is 0 Å². The van der Waals surface area contributed by atoms with Crippen LogP contribution in [0, 0.1) is 0 Å². The molecule has 1 aromatic heterocycles. The van der Waals surface area contributed by atoms with Crippen LogP contribution >= 0.6 is 0 Å². The lowest BCUT2D eigenvalue weighted by atomic mass is 9.79. The third-order valence-electron chi connectivity index (χ3n) is 6.00. The van der Waals surface area contributed by atoms with Gasteiger partial charge in [0.1, 0.15) is 18.1 Å². The van der Waals surface area contributed by atoms with Gasteiger partial charge in [0.05, 0.1) is 5.60 Å². The molecule has 1 N–H and O–H groups in total. The van der Waals surface area contributed by atoms with Gasteiger partial charge in [-0.2, -0.15) is 0 Å². The molecule has 4 rings (SSSR count). The van der Waals surface area contributed by atoms with Crippen LogP contribution in [-0.4, -0.2) is 47.0 Å². The number of carbonyl (C=O) groups excluding carboxylic acids is 1. The monoisotopic (exact) mass is 368 g/mol. The number of rotatable bonds is 5. The number of ketones is 1. The van der Waals surface area contributed by atoms with Crippen molar-refractivity contribution < 1.29 is 14.6 Å². The van der Waals surface area contributed by atoms with Crippen molar-refractivity contribution >= 4 is 16.6 Å². The van der Waals surface area contributed by atoms with Crippen molar-refractivity contribution in [2.24, 2.45) is 0 Å². The standard InChI is InChI=1S/C22H28N2O3/c25-18-6-10-24(11-7-18)12-13-27-19-4-5-20-17(14-19)15-23-16-21(20)22(26)8-2-1-3-9-22/h4-5,14-16,26H,1-3,6-13H2. The molecule has 0 bridgehead atoms. The van der Waals surface area contributed by atoms with E-state index in [0.29, 0.717) is 25.2 Å². The summed E-state index contributed by atoms with van der Waals surface area (Å²) in [7, 11) is 0. The molecule has 1 aliphatic carbocycles. The number of likely N-dealkylation sites (tertiary alicyclic amines) is 1. The van der Waals surface area contributed by atoms with E-state index in [9.17, 15) is 9.90 Å². The maximum absolute atomic E-state index is 11.3. The Bertz CT molecular complexity index is 804. The van der Waals surface area contributed by atoms with E-state index in [2.05, 4.69) is 9.88 Å². The highest BCUT2D eigenvalue weighted by atomic mass is 16.5. The van der Waals surface area contributed by atoms with Crippen LogP contribution in [0.3, 0.4) is 0 Å². The molecule has 2 fully saturated rings. The molecule has 2 aromatic rings. The van der Waals surface area contributed by atoms with Gasteiger partial charge in [0, 0.05) is 55.8 Å². The number of piperidine rings is 1. The summed E-state index contributed by atoms with van der Waals surface area (Å²) in [5, 5.41) is 13.2. The van der Waals surface area contributed by atoms with E-state index in [0.717, 1.165) is 67.4 Å². The zero-order valence-electron chi connectivity index (χ0n) is 15.8. The molecular formula is C22H28N2O3. The minimum Gasteiger partial charge on any atom is -0.492 e.